The Kier molecular flexibility index (Phi) is 5.66. The normalized spacial score (nSPS) is 19.1. The molecule has 1 unspecified atom stereocenters. The molecule has 2 aromatic rings. The molecule has 1 heteroatoms. The first-order valence-corrected chi connectivity index (χ1v) is 8.92. The van der Waals surface area contributed by atoms with E-state index in [1.54, 1.807) is 0 Å². The number of hydrogen-bond donors (Lipinski definition) is 1. The fourth-order valence-corrected chi connectivity index (χ4v) is 3.34. The predicted octanol–water partition coefficient (Wildman–Crippen LogP) is 5.58. The topological polar surface area (TPSA) is 20.2 Å². The SMILES string of the molecule is OCCCCC1CC1(/C=C/c1ccccc1)/C=C/c1ccccc1. The van der Waals surface area contributed by atoms with Gasteiger partial charge in [0.05, 0.1) is 0 Å². The van der Waals surface area contributed by atoms with Crippen molar-refractivity contribution in [2.75, 3.05) is 6.61 Å². The molecule has 0 aromatic heterocycles. The van der Waals surface area contributed by atoms with Crippen molar-refractivity contribution in [1.29, 1.82) is 0 Å². The second-order valence-corrected chi connectivity index (χ2v) is 6.72. The van der Waals surface area contributed by atoms with Gasteiger partial charge >= 0.3 is 0 Å². The molecule has 0 bridgehead atoms. The van der Waals surface area contributed by atoms with Crippen molar-refractivity contribution in [1.82, 2.24) is 0 Å². The molecule has 1 fully saturated rings. The summed E-state index contributed by atoms with van der Waals surface area (Å²) in [6.07, 6.45) is 13.7. The van der Waals surface area contributed by atoms with Crippen LogP contribution in [0, 0.1) is 11.3 Å². The molecule has 0 saturated heterocycles. The van der Waals surface area contributed by atoms with Crippen LogP contribution in [-0.4, -0.2) is 11.7 Å². The van der Waals surface area contributed by atoms with E-state index in [9.17, 15) is 0 Å². The van der Waals surface area contributed by atoms with Gasteiger partial charge in [0, 0.05) is 12.0 Å². The average molecular weight is 318 g/mol. The van der Waals surface area contributed by atoms with Gasteiger partial charge in [0.15, 0.2) is 0 Å². The van der Waals surface area contributed by atoms with Crippen molar-refractivity contribution >= 4 is 12.2 Å². The Balaban J connectivity index is 1.73. The van der Waals surface area contributed by atoms with Crippen molar-refractivity contribution in [3.05, 3.63) is 83.9 Å². The van der Waals surface area contributed by atoms with Gasteiger partial charge in [-0.1, -0.05) is 91.4 Å². The zero-order chi connectivity index (χ0) is 16.7. The zero-order valence-corrected chi connectivity index (χ0v) is 14.1. The molecule has 1 saturated carbocycles. The minimum atomic E-state index is 0.182. The maximum Gasteiger partial charge on any atom is 0.0431 e. The molecule has 2 aromatic carbocycles. The lowest BCUT2D eigenvalue weighted by Crippen LogP contribution is -1.97. The largest absolute Gasteiger partial charge is 0.396 e. The first kappa shape index (κ1) is 16.7. The van der Waals surface area contributed by atoms with Crippen LogP contribution in [-0.2, 0) is 0 Å². The Hall–Kier alpha value is -2.12. The first-order chi connectivity index (χ1) is 11.8. The average Bonchev–Trinajstić information content (AvgIpc) is 3.34. The van der Waals surface area contributed by atoms with Gasteiger partial charge in [-0.3, -0.25) is 0 Å². The van der Waals surface area contributed by atoms with Gasteiger partial charge in [0.25, 0.3) is 0 Å². The fourth-order valence-electron chi connectivity index (χ4n) is 3.34. The molecule has 0 spiro atoms. The van der Waals surface area contributed by atoms with Crippen molar-refractivity contribution in [3.63, 3.8) is 0 Å². The minimum absolute atomic E-state index is 0.182. The zero-order valence-electron chi connectivity index (χ0n) is 14.1. The number of benzene rings is 2. The standard InChI is InChI=1S/C23H26O/c24-18-8-7-13-22-19-23(22,16-14-20-9-3-1-4-10-20)17-15-21-11-5-2-6-12-21/h1-6,9-12,14-17,22,24H,7-8,13,18-19H2/b16-14+,17-15+. The maximum atomic E-state index is 9.01. The van der Waals surface area contributed by atoms with Crippen molar-refractivity contribution in [2.24, 2.45) is 11.3 Å². The summed E-state index contributed by atoms with van der Waals surface area (Å²) in [5.41, 5.74) is 2.69. The Bertz CT molecular complexity index is 620. The van der Waals surface area contributed by atoms with E-state index in [4.69, 9.17) is 5.11 Å². The summed E-state index contributed by atoms with van der Waals surface area (Å²) in [7, 11) is 0. The molecule has 1 aliphatic rings. The van der Waals surface area contributed by atoms with Gasteiger partial charge in [-0.2, -0.15) is 0 Å². The summed E-state index contributed by atoms with van der Waals surface area (Å²) >= 11 is 0. The highest BCUT2D eigenvalue weighted by Gasteiger charge is 2.48. The van der Waals surface area contributed by atoms with Crippen molar-refractivity contribution < 1.29 is 5.11 Å². The number of aliphatic hydroxyl groups is 1. The van der Waals surface area contributed by atoms with E-state index in [-0.39, 0.29) is 5.41 Å². The van der Waals surface area contributed by atoms with Gasteiger partial charge in [-0.25, -0.2) is 0 Å². The Morgan fingerprint density at radius 2 is 1.38 bits per heavy atom. The fraction of sp³-hybridized carbons (Fsp3) is 0.304. The molecular formula is C23H26O. The number of hydrogen-bond acceptors (Lipinski definition) is 1. The smallest absolute Gasteiger partial charge is 0.0431 e. The third-order valence-corrected chi connectivity index (χ3v) is 4.93. The molecule has 0 heterocycles. The molecule has 1 N–H and O–H groups in total. The Morgan fingerprint density at radius 3 is 1.88 bits per heavy atom. The molecule has 0 amide bonds. The monoisotopic (exact) mass is 318 g/mol. The van der Waals surface area contributed by atoms with Crippen LogP contribution in [0.3, 0.4) is 0 Å². The minimum Gasteiger partial charge on any atom is -0.396 e. The maximum absolute atomic E-state index is 9.01. The van der Waals surface area contributed by atoms with Crippen LogP contribution >= 0.6 is 0 Å². The van der Waals surface area contributed by atoms with E-state index in [0.29, 0.717) is 12.5 Å². The molecular weight excluding hydrogens is 292 g/mol. The van der Waals surface area contributed by atoms with E-state index in [1.807, 2.05) is 0 Å². The summed E-state index contributed by atoms with van der Waals surface area (Å²) < 4.78 is 0. The van der Waals surface area contributed by atoms with Crippen LogP contribution in [0.15, 0.2) is 72.8 Å². The molecule has 1 aliphatic carbocycles. The third kappa shape index (κ3) is 4.46. The highest BCUT2D eigenvalue weighted by molar-refractivity contribution is 5.56. The van der Waals surface area contributed by atoms with Crippen LogP contribution in [0.2, 0.25) is 0 Å². The van der Waals surface area contributed by atoms with E-state index in [1.165, 1.54) is 24.0 Å². The Morgan fingerprint density at radius 1 is 0.833 bits per heavy atom. The van der Waals surface area contributed by atoms with Gasteiger partial charge < -0.3 is 5.11 Å². The summed E-state index contributed by atoms with van der Waals surface area (Å²) in [5, 5.41) is 9.01. The second kappa shape index (κ2) is 8.12. The molecule has 1 atom stereocenters. The lowest BCUT2D eigenvalue weighted by atomic mass is 9.97. The number of allylic oxidation sites excluding steroid dienone is 2. The second-order valence-electron chi connectivity index (χ2n) is 6.72. The van der Waals surface area contributed by atoms with Crippen LogP contribution in [0.5, 0.6) is 0 Å². The van der Waals surface area contributed by atoms with Crippen molar-refractivity contribution in [2.45, 2.75) is 25.7 Å². The molecule has 1 nitrogen and oxygen atoms in total. The Labute approximate surface area is 145 Å². The highest BCUT2D eigenvalue weighted by atomic mass is 16.2. The number of rotatable bonds is 8. The summed E-state index contributed by atoms with van der Waals surface area (Å²) in [5.74, 6) is 0.698. The summed E-state index contributed by atoms with van der Waals surface area (Å²) in [6.45, 7) is 0.305. The molecule has 0 aliphatic heterocycles. The molecule has 0 radical (unpaired) electrons. The third-order valence-electron chi connectivity index (χ3n) is 4.93. The predicted molar refractivity (Wildman–Crippen MR) is 102 cm³/mol. The number of unbranched alkanes of at least 4 members (excludes halogenated alkanes) is 1. The van der Waals surface area contributed by atoms with Crippen LogP contribution in [0.25, 0.3) is 12.2 Å². The van der Waals surface area contributed by atoms with E-state index >= 15 is 0 Å². The van der Waals surface area contributed by atoms with Gasteiger partial charge in [0.2, 0.25) is 0 Å². The lowest BCUT2D eigenvalue weighted by Gasteiger charge is -2.08. The van der Waals surface area contributed by atoms with Gasteiger partial charge in [-0.05, 0) is 36.3 Å². The summed E-state index contributed by atoms with van der Waals surface area (Å²) in [4.78, 5) is 0. The molecule has 3 rings (SSSR count). The van der Waals surface area contributed by atoms with E-state index in [2.05, 4.69) is 85.0 Å². The quantitative estimate of drug-likeness (QED) is 0.630. The first-order valence-electron chi connectivity index (χ1n) is 8.92. The lowest BCUT2D eigenvalue weighted by molar-refractivity contribution is 0.281. The summed E-state index contributed by atoms with van der Waals surface area (Å²) in [6, 6.07) is 21.0. The van der Waals surface area contributed by atoms with Crippen LogP contribution < -0.4 is 0 Å². The highest BCUT2D eigenvalue weighted by Crippen LogP contribution is 2.58. The van der Waals surface area contributed by atoms with Crippen LogP contribution in [0.1, 0.15) is 36.8 Å². The molecule has 24 heavy (non-hydrogen) atoms. The molecule has 124 valence electrons. The number of aliphatic hydroxyl groups excluding tert-OH is 1. The van der Waals surface area contributed by atoms with E-state index < -0.39 is 0 Å². The van der Waals surface area contributed by atoms with E-state index in [0.717, 1.165) is 12.8 Å². The van der Waals surface area contributed by atoms with Crippen LogP contribution in [0.4, 0.5) is 0 Å². The van der Waals surface area contributed by atoms with Crippen molar-refractivity contribution in [3.8, 4) is 0 Å². The van der Waals surface area contributed by atoms with Gasteiger partial charge in [0.1, 0.15) is 0 Å². The van der Waals surface area contributed by atoms with Gasteiger partial charge in [-0.15, -0.1) is 0 Å².